The first-order valence-electron chi connectivity index (χ1n) is 9.86. The van der Waals surface area contributed by atoms with E-state index < -0.39 is 10.0 Å². The van der Waals surface area contributed by atoms with E-state index in [1.807, 2.05) is 37.3 Å². The fraction of sp³-hybridized carbons (Fsp3) is 0.381. The lowest BCUT2D eigenvalue weighted by Crippen LogP contribution is -3.15. The monoisotopic (exact) mass is 418 g/mol. The zero-order valence-corrected chi connectivity index (χ0v) is 17.5. The molecule has 8 heteroatoms. The smallest absolute Gasteiger partial charge is 0.275 e. The minimum absolute atomic E-state index is 0.0216. The summed E-state index contributed by atoms with van der Waals surface area (Å²) in [6, 6.07) is 16.3. The second kappa shape index (κ2) is 9.87. The van der Waals surface area contributed by atoms with E-state index in [0.717, 1.165) is 10.5 Å². The van der Waals surface area contributed by atoms with Crippen molar-refractivity contribution < 1.29 is 22.8 Å². The maximum Gasteiger partial charge on any atom is 0.275 e. The van der Waals surface area contributed by atoms with E-state index >= 15 is 0 Å². The number of nitrogens with zero attached hydrogens (tertiary/aromatic N) is 1. The van der Waals surface area contributed by atoms with Gasteiger partial charge in [-0.05, 0) is 36.8 Å². The average Bonchev–Trinajstić information content (AvgIpc) is 2.74. The maximum absolute atomic E-state index is 12.8. The Labute approximate surface area is 172 Å². The fourth-order valence-corrected chi connectivity index (χ4v) is 4.77. The molecule has 3 rings (SSSR count). The molecule has 0 spiro atoms. The molecule has 0 bridgehead atoms. The molecule has 0 atom stereocenters. The topological polar surface area (TPSA) is 80.2 Å². The van der Waals surface area contributed by atoms with Gasteiger partial charge in [-0.25, -0.2) is 8.42 Å². The van der Waals surface area contributed by atoms with Crippen LogP contribution in [0.25, 0.3) is 0 Å². The summed E-state index contributed by atoms with van der Waals surface area (Å²) in [5.41, 5.74) is 1.06. The number of nitrogens with one attached hydrogen (secondary N) is 2. The van der Waals surface area contributed by atoms with Crippen LogP contribution >= 0.6 is 0 Å². The number of hydrogen-bond acceptors (Lipinski definition) is 4. The second-order valence-electron chi connectivity index (χ2n) is 7.00. The standard InChI is InChI=1S/C21H27N3O4S/c1-2-28-19-8-10-20(11-9-19)29(26,27)24-14-12-23(13-15-24)17-21(25)22-16-18-6-4-3-5-7-18/h3-11H,2,12-17H2,1H3,(H,22,25)/p+1. The predicted octanol–water partition coefficient (Wildman–Crippen LogP) is 0.291. The third kappa shape index (κ3) is 5.79. The van der Waals surface area contributed by atoms with E-state index in [1.165, 1.54) is 4.31 Å². The van der Waals surface area contributed by atoms with Gasteiger partial charge >= 0.3 is 0 Å². The number of sulfonamides is 1. The summed E-state index contributed by atoms with van der Waals surface area (Å²) >= 11 is 0. The molecule has 2 aromatic rings. The van der Waals surface area contributed by atoms with Gasteiger partial charge in [-0.3, -0.25) is 4.79 Å². The molecule has 2 N–H and O–H groups in total. The van der Waals surface area contributed by atoms with Gasteiger partial charge in [-0.1, -0.05) is 30.3 Å². The van der Waals surface area contributed by atoms with Crippen molar-refractivity contribution in [3.63, 3.8) is 0 Å². The van der Waals surface area contributed by atoms with E-state index in [2.05, 4.69) is 5.32 Å². The van der Waals surface area contributed by atoms with Crippen molar-refractivity contribution in [3.05, 3.63) is 60.2 Å². The number of carbonyl (C=O) groups excluding carboxylic acids is 1. The van der Waals surface area contributed by atoms with Gasteiger partial charge in [0.2, 0.25) is 10.0 Å². The molecule has 2 aromatic carbocycles. The number of quaternary nitrogens is 1. The number of piperazine rings is 1. The number of hydrogen-bond donors (Lipinski definition) is 2. The molecular weight excluding hydrogens is 390 g/mol. The zero-order chi connectivity index (χ0) is 20.7. The van der Waals surface area contributed by atoms with Gasteiger partial charge in [-0.2, -0.15) is 4.31 Å². The van der Waals surface area contributed by atoms with Crippen molar-refractivity contribution >= 4 is 15.9 Å². The van der Waals surface area contributed by atoms with Crippen LogP contribution in [-0.2, 0) is 21.4 Å². The lowest BCUT2D eigenvalue weighted by atomic mass is 10.2. The van der Waals surface area contributed by atoms with Crippen LogP contribution in [0.1, 0.15) is 12.5 Å². The Morgan fingerprint density at radius 2 is 1.72 bits per heavy atom. The van der Waals surface area contributed by atoms with Crippen molar-refractivity contribution in [2.75, 3.05) is 39.3 Å². The van der Waals surface area contributed by atoms with Crippen LogP contribution in [0.3, 0.4) is 0 Å². The number of amides is 1. The van der Waals surface area contributed by atoms with Crippen LogP contribution in [0.2, 0.25) is 0 Å². The van der Waals surface area contributed by atoms with E-state index in [1.54, 1.807) is 24.3 Å². The molecule has 1 heterocycles. The number of benzene rings is 2. The minimum atomic E-state index is -3.53. The van der Waals surface area contributed by atoms with Gasteiger partial charge in [0.05, 0.1) is 37.7 Å². The highest BCUT2D eigenvalue weighted by atomic mass is 32.2. The zero-order valence-electron chi connectivity index (χ0n) is 16.6. The van der Waals surface area contributed by atoms with Crippen LogP contribution in [0.5, 0.6) is 5.75 Å². The van der Waals surface area contributed by atoms with Crippen molar-refractivity contribution in [2.45, 2.75) is 18.4 Å². The fourth-order valence-electron chi connectivity index (χ4n) is 3.33. The normalized spacial score (nSPS) is 15.8. The first kappa shape index (κ1) is 21.3. The van der Waals surface area contributed by atoms with Crippen LogP contribution in [0.15, 0.2) is 59.5 Å². The third-order valence-electron chi connectivity index (χ3n) is 4.95. The molecule has 0 aromatic heterocycles. The Balaban J connectivity index is 1.48. The molecule has 1 aliphatic rings. The summed E-state index contributed by atoms with van der Waals surface area (Å²) in [5.74, 6) is 0.633. The molecule has 29 heavy (non-hydrogen) atoms. The molecule has 0 unspecified atom stereocenters. The van der Waals surface area contributed by atoms with Crippen molar-refractivity contribution in [1.29, 1.82) is 0 Å². The molecule has 0 radical (unpaired) electrons. The van der Waals surface area contributed by atoms with Crippen LogP contribution < -0.4 is 15.0 Å². The molecule has 0 aliphatic carbocycles. The Morgan fingerprint density at radius 3 is 2.34 bits per heavy atom. The first-order valence-corrected chi connectivity index (χ1v) is 11.3. The molecule has 1 aliphatic heterocycles. The summed E-state index contributed by atoms with van der Waals surface area (Å²) in [4.78, 5) is 13.6. The Kier molecular flexibility index (Phi) is 7.24. The molecule has 7 nitrogen and oxygen atoms in total. The highest BCUT2D eigenvalue weighted by Gasteiger charge is 2.31. The molecule has 156 valence electrons. The summed E-state index contributed by atoms with van der Waals surface area (Å²) in [6.45, 7) is 5.29. The van der Waals surface area contributed by atoms with Crippen molar-refractivity contribution in [2.24, 2.45) is 0 Å². The summed E-state index contributed by atoms with van der Waals surface area (Å²) in [6.07, 6.45) is 0. The van der Waals surface area contributed by atoms with Gasteiger partial charge < -0.3 is 15.0 Å². The van der Waals surface area contributed by atoms with Gasteiger partial charge in [0.1, 0.15) is 5.75 Å². The van der Waals surface area contributed by atoms with Crippen LogP contribution in [0.4, 0.5) is 0 Å². The summed E-state index contributed by atoms with van der Waals surface area (Å²) in [5, 5.41) is 2.93. The van der Waals surface area contributed by atoms with Crippen molar-refractivity contribution in [3.8, 4) is 5.75 Å². The molecule has 0 saturated carbocycles. The van der Waals surface area contributed by atoms with E-state index in [4.69, 9.17) is 4.74 Å². The van der Waals surface area contributed by atoms with Crippen molar-refractivity contribution in [1.82, 2.24) is 9.62 Å². The van der Waals surface area contributed by atoms with Crippen LogP contribution in [-0.4, -0.2) is 58.0 Å². The lowest BCUT2D eigenvalue weighted by molar-refractivity contribution is -0.895. The highest BCUT2D eigenvalue weighted by molar-refractivity contribution is 7.89. The quantitative estimate of drug-likeness (QED) is 0.646. The van der Waals surface area contributed by atoms with Crippen LogP contribution in [0, 0.1) is 0 Å². The van der Waals surface area contributed by atoms with E-state index in [9.17, 15) is 13.2 Å². The number of rotatable bonds is 8. The highest BCUT2D eigenvalue weighted by Crippen LogP contribution is 2.19. The SMILES string of the molecule is CCOc1ccc(S(=O)(=O)N2CC[NH+](CC(=O)NCc3ccccc3)CC2)cc1. The Morgan fingerprint density at radius 1 is 1.07 bits per heavy atom. The number of ether oxygens (including phenoxy) is 1. The minimum Gasteiger partial charge on any atom is -0.494 e. The third-order valence-corrected chi connectivity index (χ3v) is 6.86. The summed E-state index contributed by atoms with van der Waals surface area (Å²) < 4.78 is 32.5. The van der Waals surface area contributed by atoms with Gasteiger partial charge in [0, 0.05) is 6.54 Å². The predicted molar refractivity (Wildman–Crippen MR) is 110 cm³/mol. The summed E-state index contributed by atoms with van der Waals surface area (Å²) in [7, 11) is -3.53. The Hall–Kier alpha value is -2.42. The lowest BCUT2D eigenvalue weighted by Gasteiger charge is -2.31. The first-order chi connectivity index (χ1) is 14.0. The largest absolute Gasteiger partial charge is 0.494 e. The van der Waals surface area contributed by atoms with Gasteiger partial charge in [-0.15, -0.1) is 0 Å². The molecular formula is C21H28N3O4S+. The molecule has 1 saturated heterocycles. The van der Waals surface area contributed by atoms with Gasteiger partial charge in [0.15, 0.2) is 6.54 Å². The molecule has 1 amide bonds. The van der Waals surface area contributed by atoms with E-state index in [0.29, 0.717) is 51.6 Å². The second-order valence-corrected chi connectivity index (χ2v) is 8.94. The van der Waals surface area contributed by atoms with E-state index in [-0.39, 0.29) is 10.8 Å². The Bertz CT molecular complexity index is 893. The maximum atomic E-state index is 12.8. The molecule has 1 fully saturated rings. The number of carbonyl (C=O) groups is 1. The van der Waals surface area contributed by atoms with Gasteiger partial charge in [0.25, 0.3) is 5.91 Å². The average molecular weight is 419 g/mol.